The molecule has 2 aromatic heterocycles. The Kier molecular flexibility index (Phi) is 12.1. The Morgan fingerprint density at radius 3 is 2.06 bits per heavy atom. The van der Waals surface area contributed by atoms with Crippen LogP contribution >= 0.6 is 22.9 Å². The lowest BCUT2D eigenvalue weighted by Gasteiger charge is -2.40. The molecule has 1 aliphatic rings. The molecule has 2 aromatic carbocycles. The molecular weight excluding hydrogens is 738 g/mol. The smallest absolute Gasteiger partial charge is 0.415 e. The van der Waals surface area contributed by atoms with Crippen LogP contribution in [-0.2, 0) is 16.0 Å². The Bertz CT molecular complexity index is 2040. The van der Waals surface area contributed by atoms with Crippen LogP contribution in [0.5, 0.6) is 5.75 Å². The molecule has 290 valence electrons. The van der Waals surface area contributed by atoms with Gasteiger partial charge in [0.2, 0.25) is 0 Å². The first-order valence-corrected chi connectivity index (χ1v) is 18.9. The minimum absolute atomic E-state index is 0.0303. The molecule has 0 spiro atoms. The lowest BCUT2D eigenvalue weighted by molar-refractivity contribution is 0.0144. The van der Waals surface area contributed by atoms with Gasteiger partial charge in [-0.15, -0.1) is 11.3 Å². The van der Waals surface area contributed by atoms with Crippen molar-refractivity contribution in [1.82, 2.24) is 14.8 Å². The molecule has 0 unspecified atom stereocenters. The molecular formula is C40H47ClF2N4O6S. The maximum absolute atomic E-state index is 14.9. The van der Waals surface area contributed by atoms with Crippen molar-refractivity contribution in [2.24, 2.45) is 0 Å². The second-order valence-corrected chi connectivity index (χ2v) is 16.8. The van der Waals surface area contributed by atoms with Crippen molar-refractivity contribution in [3.8, 4) is 16.9 Å². The van der Waals surface area contributed by atoms with E-state index in [1.807, 2.05) is 39.0 Å². The minimum Gasteiger partial charge on any atom is -0.496 e. The average Bonchev–Trinajstić information content (AvgIpc) is 3.47. The monoisotopic (exact) mass is 784 g/mol. The molecule has 2 heterocycles. The summed E-state index contributed by atoms with van der Waals surface area (Å²) in [5.74, 6) is -0.954. The van der Waals surface area contributed by atoms with Gasteiger partial charge in [0, 0.05) is 44.5 Å². The van der Waals surface area contributed by atoms with Gasteiger partial charge in [0.15, 0.2) is 0 Å². The van der Waals surface area contributed by atoms with Crippen molar-refractivity contribution >= 4 is 56.9 Å². The summed E-state index contributed by atoms with van der Waals surface area (Å²) in [7, 11) is 4.84. The van der Waals surface area contributed by atoms with Crippen molar-refractivity contribution in [3.63, 3.8) is 0 Å². The molecule has 4 aromatic rings. The molecule has 1 saturated carbocycles. The summed E-state index contributed by atoms with van der Waals surface area (Å²) in [5, 5.41) is -0.267. The van der Waals surface area contributed by atoms with Crippen LogP contribution in [0.15, 0.2) is 48.7 Å². The molecule has 3 amide bonds. The molecule has 14 heteroatoms. The fraction of sp³-hybridized carbons (Fsp3) is 0.450. The molecule has 0 radical (unpaired) electrons. The molecule has 0 aliphatic heterocycles. The van der Waals surface area contributed by atoms with Crippen LogP contribution in [0.3, 0.4) is 0 Å². The normalized spacial score (nSPS) is 16.1. The van der Waals surface area contributed by atoms with Crippen molar-refractivity contribution in [2.75, 3.05) is 26.1 Å². The van der Waals surface area contributed by atoms with Gasteiger partial charge in [-0.25, -0.2) is 23.4 Å². The Morgan fingerprint density at radius 2 is 1.44 bits per heavy atom. The molecule has 0 N–H and O–H groups in total. The quantitative estimate of drug-likeness (QED) is 0.175. The Hall–Kier alpha value is -4.49. The highest BCUT2D eigenvalue weighted by atomic mass is 35.5. The van der Waals surface area contributed by atoms with Crippen molar-refractivity contribution < 1.29 is 37.4 Å². The molecule has 1 fully saturated rings. The van der Waals surface area contributed by atoms with E-state index in [0.717, 1.165) is 34.6 Å². The number of fused-ring (bicyclic) bond motifs is 1. The number of hydrogen-bond acceptors (Lipinski definition) is 8. The number of halogens is 3. The lowest BCUT2D eigenvalue weighted by Crippen LogP contribution is -2.47. The topological polar surface area (TPSA) is 102 Å². The highest BCUT2D eigenvalue weighted by Gasteiger charge is 2.36. The number of amides is 3. The van der Waals surface area contributed by atoms with Gasteiger partial charge in [-0.3, -0.25) is 9.69 Å². The van der Waals surface area contributed by atoms with Gasteiger partial charge in [-0.1, -0.05) is 17.7 Å². The highest BCUT2D eigenvalue weighted by molar-refractivity contribution is 7.21. The van der Waals surface area contributed by atoms with Crippen LogP contribution in [-0.4, -0.2) is 77.4 Å². The number of methoxy groups -OCH3 is 1. The van der Waals surface area contributed by atoms with Gasteiger partial charge in [-0.05, 0) is 115 Å². The van der Waals surface area contributed by atoms with Gasteiger partial charge in [0.1, 0.15) is 39.3 Å². The number of benzene rings is 2. The zero-order valence-electron chi connectivity index (χ0n) is 32.1. The summed E-state index contributed by atoms with van der Waals surface area (Å²) in [5.41, 5.74) is 0.859. The molecule has 0 atom stereocenters. The summed E-state index contributed by atoms with van der Waals surface area (Å²) in [6.07, 6.45) is 2.90. The standard InChI is InChI=1S/C40H47ClF2N4O6S/c1-39(2,3)52-37(49)45(7)26-11-13-27(14-12-26)47(36(48)35-33(41)32-28(42)15-16-29(43)34(32)54-35)22-25-20-23(10-17-30(25)51-9)24-18-19-44-31(21-24)46(8)38(50)53-40(4,5)6/h10,15-21,26-27H,11-14,22H2,1-9H3. The third kappa shape index (κ3) is 9.23. The lowest BCUT2D eigenvalue weighted by atomic mass is 9.89. The average molecular weight is 785 g/mol. The van der Waals surface area contributed by atoms with Crippen LogP contribution in [0.4, 0.5) is 24.2 Å². The van der Waals surface area contributed by atoms with E-state index < -0.39 is 40.9 Å². The molecule has 0 bridgehead atoms. The second kappa shape index (κ2) is 16.1. The summed E-state index contributed by atoms with van der Waals surface area (Å²) in [6, 6.07) is 10.7. The minimum atomic E-state index is -0.715. The van der Waals surface area contributed by atoms with Gasteiger partial charge in [-0.2, -0.15) is 0 Å². The van der Waals surface area contributed by atoms with E-state index in [-0.39, 0.29) is 38.6 Å². The van der Waals surface area contributed by atoms with E-state index in [2.05, 4.69) is 4.98 Å². The third-order valence-corrected chi connectivity index (χ3v) is 10.9. The summed E-state index contributed by atoms with van der Waals surface area (Å²) < 4.78 is 46.7. The predicted octanol–water partition coefficient (Wildman–Crippen LogP) is 10.1. The maximum Gasteiger partial charge on any atom is 0.415 e. The molecule has 1 aliphatic carbocycles. The van der Waals surface area contributed by atoms with Crippen LogP contribution < -0.4 is 9.64 Å². The number of hydrogen-bond donors (Lipinski definition) is 0. The number of carbonyl (C=O) groups is 3. The van der Waals surface area contributed by atoms with E-state index in [4.69, 9.17) is 25.8 Å². The molecule has 5 rings (SSSR count). The Balaban J connectivity index is 1.49. The second-order valence-electron chi connectivity index (χ2n) is 15.4. The van der Waals surface area contributed by atoms with Crippen molar-refractivity contribution in [2.45, 2.75) is 97.1 Å². The zero-order valence-corrected chi connectivity index (χ0v) is 33.7. The van der Waals surface area contributed by atoms with Gasteiger partial charge in [0.25, 0.3) is 5.91 Å². The van der Waals surface area contributed by atoms with Crippen molar-refractivity contribution in [1.29, 1.82) is 0 Å². The molecule has 0 saturated heterocycles. The van der Waals surface area contributed by atoms with Crippen LogP contribution in [0.1, 0.15) is 82.5 Å². The maximum atomic E-state index is 14.9. The number of aromatic nitrogens is 1. The number of nitrogens with zero attached hydrogens (tertiary/aromatic N) is 4. The molecule has 54 heavy (non-hydrogen) atoms. The number of rotatable bonds is 8. The number of carbonyl (C=O) groups excluding carboxylic acids is 3. The van der Waals surface area contributed by atoms with Gasteiger partial charge >= 0.3 is 12.2 Å². The van der Waals surface area contributed by atoms with E-state index in [1.54, 1.807) is 63.0 Å². The SMILES string of the molecule is COc1ccc(-c2ccnc(N(C)C(=O)OC(C)(C)C)c2)cc1CN(C(=O)c1sc2c(F)ccc(F)c2c1Cl)C1CCC(N(C)C(=O)OC(C)(C)C)CC1. The Morgan fingerprint density at radius 1 is 0.852 bits per heavy atom. The molecule has 10 nitrogen and oxygen atoms in total. The summed E-state index contributed by atoms with van der Waals surface area (Å²) in [6.45, 7) is 10.9. The van der Waals surface area contributed by atoms with E-state index in [0.29, 0.717) is 42.8 Å². The number of pyridine rings is 1. The van der Waals surface area contributed by atoms with E-state index in [9.17, 15) is 23.2 Å². The first-order valence-electron chi connectivity index (χ1n) is 17.7. The van der Waals surface area contributed by atoms with Crippen molar-refractivity contribution in [3.05, 3.63) is 75.8 Å². The van der Waals surface area contributed by atoms with Crippen LogP contribution in [0, 0.1) is 11.6 Å². The first kappa shape index (κ1) is 40.7. The van der Waals surface area contributed by atoms with Crippen LogP contribution in [0.25, 0.3) is 21.2 Å². The first-order chi connectivity index (χ1) is 25.3. The summed E-state index contributed by atoms with van der Waals surface area (Å²) >= 11 is 7.48. The summed E-state index contributed by atoms with van der Waals surface area (Å²) in [4.78, 5) is 49.3. The van der Waals surface area contributed by atoms with E-state index >= 15 is 0 Å². The van der Waals surface area contributed by atoms with Gasteiger partial charge in [0.05, 0.1) is 22.2 Å². The zero-order chi connectivity index (χ0) is 39.7. The number of anilines is 1. The van der Waals surface area contributed by atoms with E-state index in [1.165, 1.54) is 12.0 Å². The third-order valence-electron chi connectivity index (χ3n) is 9.18. The predicted molar refractivity (Wildman–Crippen MR) is 208 cm³/mol. The fourth-order valence-corrected chi connectivity index (χ4v) is 7.95. The van der Waals surface area contributed by atoms with Crippen LogP contribution in [0.2, 0.25) is 5.02 Å². The largest absolute Gasteiger partial charge is 0.496 e. The number of thiophene rings is 1. The highest BCUT2D eigenvalue weighted by Crippen LogP contribution is 2.41. The van der Waals surface area contributed by atoms with Gasteiger partial charge < -0.3 is 24.0 Å². The fourth-order valence-electron chi connectivity index (χ4n) is 6.44. The number of ether oxygens (including phenoxy) is 3. The Labute approximate surface area is 323 Å².